The number of aryl methyl sites for hydroxylation is 1. The molecule has 24 heavy (non-hydrogen) atoms. The SMILES string of the molecule is CNC(=O)c1cccc([C@H]2CN(Cc3cc(C)on3)CCN2C)c1. The Hall–Kier alpha value is -2.18. The van der Waals surface area contributed by atoms with Crippen molar-refractivity contribution in [3.8, 4) is 0 Å². The number of aromatic nitrogens is 1. The maximum Gasteiger partial charge on any atom is 0.251 e. The lowest BCUT2D eigenvalue weighted by atomic mass is 10.00. The van der Waals surface area contributed by atoms with Crippen LogP contribution < -0.4 is 5.32 Å². The summed E-state index contributed by atoms with van der Waals surface area (Å²) in [5, 5.41) is 6.78. The molecule has 0 aliphatic carbocycles. The smallest absolute Gasteiger partial charge is 0.251 e. The van der Waals surface area contributed by atoms with E-state index in [9.17, 15) is 4.79 Å². The average molecular weight is 328 g/mol. The standard InChI is InChI=1S/C18H24N4O2/c1-13-9-16(20-24-13)11-22-8-7-21(3)17(12-22)14-5-4-6-15(10-14)18(23)19-2/h4-6,9-10,17H,7-8,11-12H2,1-3H3,(H,19,23)/t17-/m1/s1. The molecular weight excluding hydrogens is 304 g/mol. The number of likely N-dealkylation sites (N-methyl/N-ethyl adjacent to an activating group) is 1. The molecule has 1 aliphatic heterocycles. The van der Waals surface area contributed by atoms with Crippen LogP contribution in [0.4, 0.5) is 0 Å². The van der Waals surface area contributed by atoms with Crippen molar-refractivity contribution in [1.82, 2.24) is 20.3 Å². The largest absolute Gasteiger partial charge is 0.361 e. The first-order chi connectivity index (χ1) is 11.6. The number of rotatable bonds is 4. The van der Waals surface area contributed by atoms with Gasteiger partial charge in [-0.3, -0.25) is 14.6 Å². The Bertz CT molecular complexity index is 713. The molecule has 1 atom stereocenters. The lowest BCUT2D eigenvalue weighted by Gasteiger charge is -2.39. The molecule has 0 radical (unpaired) electrons. The summed E-state index contributed by atoms with van der Waals surface area (Å²) in [6.07, 6.45) is 0. The lowest BCUT2D eigenvalue weighted by molar-refractivity contribution is 0.0885. The predicted octanol–water partition coefficient (Wildman–Crippen LogP) is 1.83. The Morgan fingerprint density at radius 2 is 2.21 bits per heavy atom. The number of benzene rings is 1. The van der Waals surface area contributed by atoms with Crippen molar-refractivity contribution >= 4 is 5.91 Å². The molecular formula is C18H24N4O2. The third kappa shape index (κ3) is 3.66. The minimum Gasteiger partial charge on any atom is -0.361 e. The summed E-state index contributed by atoms with van der Waals surface area (Å²) >= 11 is 0. The van der Waals surface area contributed by atoms with E-state index < -0.39 is 0 Å². The van der Waals surface area contributed by atoms with Crippen molar-refractivity contribution in [3.05, 3.63) is 52.9 Å². The molecule has 1 N–H and O–H groups in total. The van der Waals surface area contributed by atoms with E-state index in [1.165, 1.54) is 5.56 Å². The Labute approximate surface area is 142 Å². The molecule has 6 nitrogen and oxygen atoms in total. The monoisotopic (exact) mass is 328 g/mol. The summed E-state index contributed by atoms with van der Waals surface area (Å²) in [7, 11) is 3.79. The number of carbonyl (C=O) groups excluding carboxylic acids is 1. The van der Waals surface area contributed by atoms with E-state index in [-0.39, 0.29) is 11.9 Å². The number of amides is 1. The maximum atomic E-state index is 11.9. The molecule has 1 aromatic carbocycles. The molecule has 1 saturated heterocycles. The number of nitrogens with zero attached hydrogens (tertiary/aromatic N) is 3. The second kappa shape index (κ2) is 7.15. The average Bonchev–Trinajstić information content (AvgIpc) is 3.01. The van der Waals surface area contributed by atoms with Crippen LogP contribution in [0.1, 0.15) is 33.4 Å². The van der Waals surface area contributed by atoms with E-state index in [4.69, 9.17) is 4.52 Å². The number of hydrogen-bond acceptors (Lipinski definition) is 5. The zero-order valence-corrected chi connectivity index (χ0v) is 14.5. The van der Waals surface area contributed by atoms with E-state index in [1.54, 1.807) is 7.05 Å². The second-order valence-corrected chi connectivity index (χ2v) is 6.37. The Morgan fingerprint density at radius 1 is 1.38 bits per heavy atom. The van der Waals surface area contributed by atoms with Crippen LogP contribution in [0.25, 0.3) is 0 Å². The molecule has 0 spiro atoms. The summed E-state index contributed by atoms with van der Waals surface area (Å²) in [5.41, 5.74) is 2.84. The molecule has 0 bridgehead atoms. The summed E-state index contributed by atoms with van der Waals surface area (Å²) in [5.74, 6) is 0.791. The molecule has 1 aliphatic rings. The van der Waals surface area contributed by atoms with Crippen LogP contribution in [0.3, 0.4) is 0 Å². The predicted molar refractivity (Wildman–Crippen MR) is 91.7 cm³/mol. The number of piperazine rings is 1. The van der Waals surface area contributed by atoms with E-state index in [0.717, 1.165) is 37.6 Å². The van der Waals surface area contributed by atoms with Gasteiger partial charge >= 0.3 is 0 Å². The molecule has 6 heteroatoms. The highest BCUT2D eigenvalue weighted by Crippen LogP contribution is 2.25. The Kier molecular flexibility index (Phi) is 4.97. The maximum absolute atomic E-state index is 11.9. The van der Waals surface area contributed by atoms with E-state index in [0.29, 0.717) is 5.56 Å². The molecule has 2 heterocycles. The first kappa shape index (κ1) is 16.7. The fraction of sp³-hybridized carbons (Fsp3) is 0.444. The van der Waals surface area contributed by atoms with Gasteiger partial charge in [-0.15, -0.1) is 0 Å². The summed E-state index contributed by atoms with van der Waals surface area (Å²) in [4.78, 5) is 16.6. The van der Waals surface area contributed by atoms with Crippen LogP contribution in [-0.4, -0.2) is 54.6 Å². The number of nitrogens with one attached hydrogen (secondary N) is 1. The minimum absolute atomic E-state index is 0.0507. The van der Waals surface area contributed by atoms with Crippen molar-refractivity contribution in [3.63, 3.8) is 0 Å². The molecule has 0 unspecified atom stereocenters. The molecule has 1 amide bonds. The first-order valence-corrected chi connectivity index (χ1v) is 8.23. The molecule has 1 aromatic heterocycles. The summed E-state index contributed by atoms with van der Waals surface area (Å²) in [6.45, 7) is 5.57. The second-order valence-electron chi connectivity index (χ2n) is 6.37. The summed E-state index contributed by atoms with van der Waals surface area (Å²) in [6, 6.07) is 10.1. The van der Waals surface area contributed by atoms with Gasteiger partial charge in [0.05, 0.1) is 5.69 Å². The highest BCUT2D eigenvalue weighted by atomic mass is 16.5. The van der Waals surface area contributed by atoms with Gasteiger partial charge in [-0.2, -0.15) is 0 Å². The zero-order valence-electron chi connectivity index (χ0n) is 14.5. The van der Waals surface area contributed by atoms with Crippen LogP contribution in [0, 0.1) is 6.92 Å². The summed E-state index contributed by atoms with van der Waals surface area (Å²) < 4.78 is 5.16. The molecule has 0 saturated carbocycles. The topological polar surface area (TPSA) is 61.6 Å². The third-order valence-corrected chi connectivity index (χ3v) is 4.56. The molecule has 128 valence electrons. The van der Waals surface area contributed by atoms with Gasteiger partial charge in [-0.25, -0.2) is 0 Å². The van der Waals surface area contributed by atoms with Gasteiger partial charge in [-0.05, 0) is 31.7 Å². The van der Waals surface area contributed by atoms with Gasteiger partial charge in [-0.1, -0.05) is 17.3 Å². The highest BCUT2D eigenvalue weighted by molar-refractivity contribution is 5.94. The minimum atomic E-state index is -0.0507. The van der Waals surface area contributed by atoms with E-state index in [1.807, 2.05) is 31.2 Å². The number of hydrogen-bond donors (Lipinski definition) is 1. The first-order valence-electron chi connectivity index (χ1n) is 8.23. The van der Waals surface area contributed by atoms with Crippen molar-refractivity contribution in [2.45, 2.75) is 19.5 Å². The van der Waals surface area contributed by atoms with Gasteiger partial charge in [0.1, 0.15) is 5.76 Å². The van der Waals surface area contributed by atoms with Crippen molar-refractivity contribution in [2.24, 2.45) is 0 Å². The molecule has 1 fully saturated rings. The van der Waals surface area contributed by atoms with Crippen molar-refractivity contribution < 1.29 is 9.32 Å². The fourth-order valence-electron chi connectivity index (χ4n) is 3.19. The lowest BCUT2D eigenvalue weighted by Crippen LogP contribution is -2.46. The van der Waals surface area contributed by atoms with Crippen molar-refractivity contribution in [2.75, 3.05) is 33.7 Å². The van der Waals surface area contributed by atoms with Crippen LogP contribution in [0.5, 0.6) is 0 Å². The van der Waals surface area contributed by atoms with Crippen LogP contribution in [0.15, 0.2) is 34.9 Å². The fourth-order valence-corrected chi connectivity index (χ4v) is 3.19. The van der Waals surface area contributed by atoms with E-state index >= 15 is 0 Å². The van der Waals surface area contributed by atoms with Gasteiger partial charge in [0.15, 0.2) is 0 Å². The van der Waals surface area contributed by atoms with Gasteiger partial charge in [0.25, 0.3) is 5.91 Å². The molecule has 3 rings (SSSR count). The van der Waals surface area contributed by atoms with Gasteiger partial charge in [0.2, 0.25) is 0 Å². The Morgan fingerprint density at radius 3 is 2.92 bits per heavy atom. The Balaban J connectivity index is 1.75. The number of carbonyl (C=O) groups is 1. The van der Waals surface area contributed by atoms with Crippen LogP contribution in [0.2, 0.25) is 0 Å². The van der Waals surface area contributed by atoms with Crippen LogP contribution in [-0.2, 0) is 6.54 Å². The van der Waals surface area contributed by atoms with Crippen LogP contribution >= 0.6 is 0 Å². The quantitative estimate of drug-likeness (QED) is 0.928. The normalized spacial score (nSPS) is 19.4. The third-order valence-electron chi connectivity index (χ3n) is 4.56. The van der Waals surface area contributed by atoms with Crippen molar-refractivity contribution in [1.29, 1.82) is 0 Å². The van der Waals surface area contributed by atoms with E-state index in [2.05, 4.69) is 33.4 Å². The zero-order chi connectivity index (χ0) is 17.1. The van der Waals surface area contributed by atoms with Gasteiger partial charge < -0.3 is 9.84 Å². The highest BCUT2D eigenvalue weighted by Gasteiger charge is 2.26. The molecule has 2 aromatic rings. The van der Waals surface area contributed by atoms with Gasteiger partial charge in [0, 0.05) is 50.9 Å².